The molecule has 3 amide bonds. The molecule has 0 aliphatic rings. The van der Waals surface area contributed by atoms with E-state index in [1.165, 1.54) is 17.4 Å². The highest BCUT2D eigenvalue weighted by molar-refractivity contribution is 7.15. The van der Waals surface area contributed by atoms with E-state index < -0.39 is 0 Å². The van der Waals surface area contributed by atoms with E-state index in [0.717, 1.165) is 10.6 Å². The molecule has 0 aliphatic heterocycles. The summed E-state index contributed by atoms with van der Waals surface area (Å²) in [6, 6.07) is 12.9. The quantitative estimate of drug-likeness (QED) is 0.521. The van der Waals surface area contributed by atoms with Crippen molar-refractivity contribution in [3.63, 3.8) is 0 Å². The number of aryl methyl sites for hydroxylation is 1. The lowest BCUT2D eigenvalue weighted by Gasteiger charge is -2.10. The van der Waals surface area contributed by atoms with Crippen LogP contribution in [0.4, 0.5) is 20.0 Å². The molecule has 0 aliphatic carbocycles. The second-order valence-electron chi connectivity index (χ2n) is 7.08. The van der Waals surface area contributed by atoms with Crippen molar-refractivity contribution in [2.45, 2.75) is 33.2 Å². The maximum Gasteiger partial charge on any atom is 0.319 e. The third-order valence-electron chi connectivity index (χ3n) is 4.25. The Morgan fingerprint density at radius 3 is 2.43 bits per heavy atom. The lowest BCUT2D eigenvalue weighted by molar-refractivity contribution is 0.102. The van der Waals surface area contributed by atoms with Gasteiger partial charge in [-0.15, -0.1) is 11.3 Å². The summed E-state index contributed by atoms with van der Waals surface area (Å²) >= 11 is 1.33. The van der Waals surface area contributed by atoms with Crippen molar-refractivity contribution in [1.29, 1.82) is 0 Å². The number of thiazole rings is 1. The van der Waals surface area contributed by atoms with Gasteiger partial charge in [0.1, 0.15) is 5.82 Å². The number of carbonyl (C=O) groups is 2. The molecule has 156 valence electrons. The third-order valence-corrected chi connectivity index (χ3v) is 5.32. The Morgan fingerprint density at radius 1 is 1.07 bits per heavy atom. The van der Waals surface area contributed by atoms with Gasteiger partial charge in [0.05, 0.1) is 5.69 Å². The van der Waals surface area contributed by atoms with Gasteiger partial charge < -0.3 is 10.6 Å². The average molecular weight is 427 g/mol. The van der Waals surface area contributed by atoms with Crippen molar-refractivity contribution in [2.24, 2.45) is 0 Å². The minimum Gasteiger partial charge on any atom is -0.336 e. The van der Waals surface area contributed by atoms with Crippen LogP contribution in [0.2, 0.25) is 0 Å². The average Bonchev–Trinajstić information content (AvgIpc) is 3.02. The minimum atomic E-state index is -0.306. The Balaban J connectivity index is 1.63. The molecule has 3 rings (SSSR count). The number of halogens is 1. The SMILES string of the molecule is Cc1nc(NC(=O)c2ccc(NC(=O)NC(C)C)cc2)sc1Cc1ccccc1F. The van der Waals surface area contributed by atoms with E-state index in [2.05, 4.69) is 20.9 Å². The van der Waals surface area contributed by atoms with Crippen LogP contribution in [0.3, 0.4) is 0 Å². The van der Waals surface area contributed by atoms with E-state index >= 15 is 0 Å². The van der Waals surface area contributed by atoms with Crippen LogP contribution in [0.25, 0.3) is 0 Å². The van der Waals surface area contributed by atoms with Crippen molar-refractivity contribution < 1.29 is 14.0 Å². The summed E-state index contributed by atoms with van der Waals surface area (Å²) in [6.45, 7) is 5.58. The number of hydrogen-bond donors (Lipinski definition) is 3. The molecule has 8 heteroatoms. The van der Waals surface area contributed by atoms with E-state index in [0.29, 0.717) is 28.4 Å². The van der Waals surface area contributed by atoms with Crippen molar-refractivity contribution >= 4 is 34.1 Å². The van der Waals surface area contributed by atoms with Crippen LogP contribution in [-0.4, -0.2) is 23.0 Å². The molecule has 2 aromatic carbocycles. The molecule has 0 saturated carbocycles. The highest BCUT2D eigenvalue weighted by atomic mass is 32.1. The molecule has 0 spiro atoms. The molecule has 0 unspecified atom stereocenters. The van der Waals surface area contributed by atoms with Gasteiger partial charge in [-0.3, -0.25) is 10.1 Å². The van der Waals surface area contributed by atoms with Gasteiger partial charge in [-0.1, -0.05) is 18.2 Å². The molecule has 0 saturated heterocycles. The molecule has 0 bridgehead atoms. The number of nitrogens with one attached hydrogen (secondary N) is 3. The second kappa shape index (κ2) is 9.49. The summed E-state index contributed by atoms with van der Waals surface area (Å²) < 4.78 is 13.9. The van der Waals surface area contributed by atoms with E-state index in [1.807, 2.05) is 20.8 Å². The summed E-state index contributed by atoms with van der Waals surface area (Å²) in [7, 11) is 0. The molecule has 3 aromatic rings. The van der Waals surface area contributed by atoms with Crippen LogP contribution < -0.4 is 16.0 Å². The van der Waals surface area contributed by atoms with Crippen molar-refractivity contribution in [1.82, 2.24) is 10.3 Å². The Morgan fingerprint density at radius 2 is 1.77 bits per heavy atom. The number of carbonyl (C=O) groups excluding carboxylic acids is 2. The predicted octanol–water partition coefficient (Wildman–Crippen LogP) is 4.96. The van der Waals surface area contributed by atoms with E-state index in [-0.39, 0.29) is 23.8 Å². The third kappa shape index (κ3) is 5.64. The molecule has 1 heterocycles. The fourth-order valence-electron chi connectivity index (χ4n) is 2.76. The normalized spacial score (nSPS) is 10.7. The standard InChI is InChI=1S/C22H23FN4O2S/c1-13(2)24-21(29)26-17-10-8-15(9-11-17)20(28)27-22-25-14(3)19(30-22)12-16-6-4-5-7-18(16)23/h4-11,13H,12H2,1-3H3,(H2,24,26,29)(H,25,27,28). The monoisotopic (exact) mass is 426 g/mol. The molecular weight excluding hydrogens is 403 g/mol. The van der Waals surface area contributed by atoms with Crippen molar-refractivity contribution in [3.8, 4) is 0 Å². The topological polar surface area (TPSA) is 83.1 Å². The lowest BCUT2D eigenvalue weighted by atomic mass is 10.1. The molecule has 6 nitrogen and oxygen atoms in total. The summed E-state index contributed by atoms with van der Waals surface area (Å²) in [5.74, 6) is -0.564. The summed E-state index contributed by atoms with van der Waals surface area (Å²) in [6.07, 6.45) is 0.421. The van der Waals surface area contributed by atoms with Crippen LogP contribution in [-0.2, 0) is 6.42 Å². The number of urea groups is 1. The smallest absolute Gasteiger partial charge is 0.319 e. The summed E-state index contributed by atoms with van der Waals surface area (Å²) in [5.41, 5.74) is 2.37. The van der Waals surface area contributed by atoms with Gasteiger partial charge in [0, 0.05) is 28.6 Å². The number of anilines is 2. The van der Waals surface area contributed by atoms with Crippen molar-refractivity contribution in [3.05, 3.63) is 76.0 Å². The molecule has 0 atom stereocenters. The van der Waals surface area contributed by atoms with Gasteiger partial charge in [-0.2, -0.15) is 0 Å². The molecule has 30 heavy (non-hydrogen) atoms. The van der Waals surface area contributed by atoms with Gasteiger partial charge in [-0.25, -0.2) is 14.2 Å². The zero-order chi connectivity index (χ0) is 21.7. The zero-order valence-corrected chi connectivity index (χ0v) is 17.8. The minimum absolute atomic E-state index is 0.0279. The Labute approximate surface area is 178 Å². The van der Waals surface area contributed by atoms with E-state index in [1.54, 1.807) is 42.5 Å². The van der Waals surface area contributed by atoms with Gasteiger partial charge >= 0.3 is 6.03 Å². The number of hydrogen-bond acceptors (Lipinski definition) is 4. The Hall–Kier alpha value is -3.26. The van der Waals surface area contributed by atoms with Gasteiger partial charge in [-0.05, 0) is 56.7 Å². The first-order chi connectivity index (χ1) is 14.3. The van der Waals surface area contributed by atoms with E-state index in [4.69, 9.17) is 0 Å². The highest BCUT2D eigenvalue weighted by Gasteiger charge is 2.14. The number of nitrogens with zero attached hydrogens (tertiary/aromatic N) is 1. The molecule has 1 aromatic heterocycles. The van der Waals surface area contributed by atoms with Crippen LogP contribution in [0.1, 0.15) is 40.3 Å². The zero-order valence-electron chi connectivity index (χ0n) is 17.0. The maximum absolute atomic E-state index is 13.9. The fraction of sp³-hybridized carbons (Fsp3) is 0.227. The molecule has 0 fully saturated rings. The molecule has 0 radical (unpaired) electrons. The van der Waals surface area contributed by atoms with Crippen LogP contribution >= 0.6 is 11.3 Å². The number of amides is 3. The first kappa shape index (κ1) is 21.4. The Kier molecular flexibility index (Phi) is 6.79. The predicted molar refractivity (Wildman–Crippen MR) is 118 cm³/mol. The van der Waals surface area contributed by atoms with Crippen molar-refractivity contribution in [2.75, 3.05) is 10.6 Å². The number of benzene rings is 2. The van der Waals surface area contributed by atoms with Gasteiger partial charge in [0.25, 0.3) is 5.91 Å². The van der Waals surface area contributed by atoms with Gasteiger partial charge in [0.2, 0.25) is 0 Å². The first-order valence-corrected chi connectivity index (χ1v) is 10.3. The number of aromatic nitrogens is 1. The highest BCUT2D eigenvalue weighted by Crippen LogP contribution is 2.26. The number of rotatable bonds is 6. The summed E-state index contributed by atoms with van der Waals surface area (Å²) in [4.78, 5) is 29.5. The van der Waals surface area contributed by atoms with Crippen LogP contribution in [0.15, 0.2) is 48.5 Å². The molecule has 3 N–H and O–H groups in total. The largest absolute Gasteiger partial charge is 0.336 e. The van der Waals surface area contributed by atoms with Gasteiger partial charge in [0.15, 0.2) is 5.13 Å². The fourth-order valence-corrected chi connectivity index (χ4v) is 3.74. The van der Waals surface area contributed by atoms with Crippen LogP contribution in [0, 0.1) is 12.7 Å². The lowest BCUT2D eigenvalue weighted by Crippen LogP contribution is -2.34. The van der Waals surface area contributed by atoms with E-state index in [9.17, 15) is 14.0 Å². The molecular formula is C22H23FN4O2S. The second-order valence-corrected chi connectivity index (χ2v) is 8.16. The summed E-state index contributed by atoms with van der Waals surface area (Å²) in [5, 5.41) is 8.68. The first-order valence-electron chi connectivity index (χ1n) is 9.50. The van der Waals surface area contributed by atoms with Crippen LogP contribution in [0.5, 0.6) is 0 Å². The Bertz CT molecular complexity index is 1050. The maximum atomic E-state index is 13.9.